The number of benzene rings is 2. The molecule has 0 unspecified atom stereocenters. The standard InChI is InChI=1S/C30H37N3O2/c1-29(2,3)23-11-9-22(10-12-23)27(34)7-5-17-32-19-15-30(16-20-32)28-8-6-18-33(28)26-14-13-24(35-4)21-25(26)31-30/h6,8-14,18,21,31H,5,7,15-17,19-20H2,1-4H3. The molecule has 0 aliphatic carbocycles. The summed E-state index contributed by atoms with van der Waals surface area (Å²) in [7, 11) is 1.71. The molecular weight excluding hydrogens is 434 g/mol. The topological polar surface area (TPSA) is 46.5 Å². The van der Waals surface area contributed by atoms with Gasteiger partial charge in [-0.05, 0) is 61.1 Å². The fourth-order valence-corrected chi connectivity index (χ4v) is 5.56. The Morgan fingerprint density at radius 2 is 1.80 bits per heavy atom. The maximum absolute atomic E-state index is 12.7. The Labute approximate surface area is 209 Å². The summed E-state index contributed by atoms with van der Waals surface area (Å²) in [6.45, 7) is 9.60. The monoisotopic (exact) mass is 471 g/mol. The number of aromatic nitrogens is 1. The van der Waals surface area contributed by atoms with Crippen LogP contribution in [-0.2, 0) is 11.0 Å². The number of rotatable bonds is 6. The highest BCUT2D eigenvalue weighted by molar-refractivity contribution is 5.96. The van der Waals surface area contributed by atoms with Gasteiger partial charge in [-0.3, -0.25) is 4.79 Å². The van der Waals surface area contributed by atoms with Crippen molar-refractivity contribution < 1.29 is 9.53 Å². The van der Waals surface area contributed by atoms with E-state index in [9.17, 15) is 4.79 Å². The lowest BCUT2D eigenvalue weighted by molar-refractivity contribution is 0.0968. The molecule has 0 amide bonds. The summed E-state index contributed by atoms with van der Waals surface area (Å²) in [6, 6.07) is 18.8. The van der Waals surface area contributed by atoms with Crippen LogP contribution >= 0.6 is 0 Å². The van der Waals surface area contributed by atoms with Crippen molar-refractivity contribution in [2.75, 3.05) is 32.1 Å². The first kappa shape index (κ1) is 23.7. The molecule has 1 fully saturated rings. The number of ketones is 1. The molecule has 5 nitrogen and oxygen atoms in total. The van der Waals surface area contributed by atoms with Crippen molar-refractivity contribution in [3.8, 4) is 11.4 Å². The number of nitrogens with one attached hydrogen (secondary N) is 1. The number of carbonyl (C=O) groups excluding carboxylic acids is 1. The SMILES string of the molecule is COc1ccc2c(c1)NC1(CCN(CCCC(=O)c3ccc(C(C)(C)C)cc3)CC1)c1cccn1-2. The summed E-state index contributed by atoms with van der Waals surface area (Å²) in [4.78, 5) is 15.2. The minimum atomic E-state index is -0.0655. The number of Topliss-reactive ketones (excluding diaryl/α,β-unsaturated/α-hetero) is 1. The van der Waals surface area contributed by atoms with Gasteiger partial charge in [-0.25, -0.2) is 0 Å². The number of carbonyl (C=O) groups is 1. The third-order valence-corrected chi connectivity index (χ3v) is 7.74. The van der Waals surface area contributed by atoms with Gasteiger partial charge in [0.2, 0.25) is 0 Å². The van der Waals surface area contributed by atoms with Crippen molar-refractivity contribution in [2.45, 2.75) is 57.4 Å². The first-order valence-electron chi connectivity index (χ1n) is 12.8. The number of hydrogen-bond donors (Lipinski definition) is 1. The van der Waals surface area contributed by atoms with Gasteiger partial charge >= 0.3 is 0 Å². The zero-order chi connectivity index (χ0) is 24.6. The van der Waals surface area contributed by atoms with Crippen LogP contribution in [0, 0.1) is 0 Å². The molecule has 5 heteroatoms. The van der Waals surface area contributed by atoms with Crippen molar-refractivity contribution in [1.82, 2.24) is 9.47 Å². The maximum Gasteiger partial charge on any atom is 0.162 e. The highest BCUT2D eigenvalue weighted by atomic mass is 16.5. The highest BCUT2D eigenvalue weighted by Gasteiger charge is 2.41. The second kappa shape index (κ2) is 9.19. The summed E-state index contributed by atoms with van der Waals surface area (Å²) >= 11 is 0. The highest BCUT2D eigenvalue weighted by Crippen LogP contribution is 2.44. The summed E-state index contributed by atoms with van der Waals surface area (Å²) in [5.74, 6) is 1.12. The predicted octanol–water partition coefficient (Wildman–Crippen LogP) is 6.16. The molecule has 0 radical (unpaired) electrons. The summed E-state index contributed by atoms with van der Waals surface area (Å²) in [5.41, 5.74) is 5.78. The van der Waals surface area contributed by atoms with Gasteiger partial charge in [0.1, 0.15) is 5.75 Å². The van der Waals surface area contributed by atoms with E-state index in [4.69, 9.17) is 4.74 Å². The summed E-state index contributed by atoms with van der Waals surface area (Å²) in [6.07, 6.45) is 5.74. The number of anilines is 1. The molecule has 1 aromatic heterocycles. The number of fused-ring (bicyclic) bond motifs is 4. The average molecular weight is 472 g/mol. The minimum Gasteiger partial charge on any atom is -0.497 e. The molecule has 2 aliphatic heterocycles. The van der Waals surface area contributed by atoms with Gasteiger partial charge in [0.25, 0.3) is 0 Å². The second-order valence-corrected chi connectivity index (χ2v) is 11.0. The Kier molecular flexibility index (Phi) is 6.22. The van der Waals surface area contributed by atoms with Crippen LogP contribution in [-0.4, -0.2) is 42.0 Å². The minimum absolute atomic E-state index is 0.0655. The molecular formula is C30H37N3O2. The molecule has 184 valence electrons. The van der Waals surface area contributed by atoms with Gasteiger partial charge in [0.15, 0.2) is 5.78 Å². The molecule has 2 aliphatic rings. The van der Waals surface area contributed by atoms with Crippen LogP contribution < -0.4 is 10.1 Å². The van der Waals surface area contributed by atoms with E-state index in [0.717, 1.165) is 55.9 Å². The molecule has 3 aromatic rings. The number of ether oxygens (including phenoxy) is 1. The number of piperidine rings is 1. The Balaban J connectivity index is 1.18. The van der Waals surface area contributed by atoms with Crippen LogP contribution in [0.4, 0.5) is 5.69 Å². The lowest BCUT2D eigenvalue weighted by Crippen LogP contribution is -2.49. The van der Waals surface area contributed by atoms with E-state index < -0.39 is 0 Å². The van der Waals surface area contributed by atoms with Crippen LogP contribution in [0.1, 0.15) is 68.1 Å². The third-order valence-electron chi connectivity index (χ3n) is 7.74. The Bertz CT molecular complexity index is 1200. The van der Waals surface area contributed by atoms with E-state index in [2.05, 4.69) is 78.2 Å². The molecule has 1 spiro atoms. The quantitative estimate of drug-likeness (QED) is 0.437. The lowest BCUT2D eigenvalue weighted by atomic mass is 9.82. The van der Waals surface area contributed by atoms with Crippen molar-refractivity contribution in [1.29, 1.82) is 0 Å². The van der Waals surface area contributed by atoms with Crippen molar-refractivity contribution in [3.05, 3.63) is 77.6 Å². The van der Waals surface area contributed by atoms with Gasteiger partial charge in [-0.2, -0.15) is 0 Å². The zero-order valence-electron chi connectivity index (χ0n) is 21.4. The average Bonchev–Trinajstić information content (AvgIpc) is 3.36. The normalized spacial score (nSPS) is 16.9. The molecule has 5 rings (SSSR count). The largest absolute Gasteiger partial charge is 0.497 e. The molecule has 2 aromatic carbocycles. The maximum atomic E-state index is 12.7. The molecule has 3 heterocycles. The van der Waals surface area contributed by atoms with Gasteiger partial charge < -0.3 is 19.5 Å². The van der Waals surface area contributed by atoms with E-state index in [1.54, 1.807) is 7.11 Å². The third kappa shape index (κ3) is 4.62. The number of likely N-dealkylation sites (tertiary alicyclic amines) is 1. The van der Waals surface area contributed by atoms with E-state index in [0.29, 0.717) is 6.42 Å². The molecule has 1 N–H and O–H groups in total. The van der Waals surface area contributed by atoms with Crippen molar-refractivity contribution in [3.63, 3.8) is 0 Å². The number of nitrogens with zero attached hydrogens (tertiary/aromatic N) is 2. The Morgan fingerprint density at radius 1 is 1.06 bits per heavy atom. The fourth-order valence-electron chi connectivity index (χ4n) is 5.56. The zero-order valence-corrected chi connectivity index (χ0v) is 21.4. The van der Waals surface area contributed by atoms with Gasteiger partial charge in [-0.1, -0.05) is 45.0 Å². The number of hydrogen-bond acceptors (Lipinski definition) is 4. The van der Waals surface area contributed by atoms with E-state index in [1.165, 1.54) is 16.9 Å². The van der Waals surface area contributed by atoms with E-state index >= 15 is 0 Å². The van der Waals surface area contributed by atoms with Crippen LogP contribution in [0.2, 0.25) is 0 Å². The van der Waals surface area contributed by atoms with E-state index in [-0.39, 0.29) is 16.7 Å². The lowest BCUT2D eigenvalue weighted by Gasteiger charge is -2.46. The summed E-state index contributed by atoms with van der Waals surface area (Å²) in [5, 5.41) is 3.88. The molecule has 0 saturated carbocycles. The van der Waals surface area contributed by atoms with Gasteiger partial charge in [0.05, 0.1) is 24.0 Å². The van der Waals surface area contributed by atoms with Crippen molar-refractivity contribution in [2.24, 2.45) is 0 Å². The molecule has 35 heavy (non-hydrogen) atoms. The van der Waals surface area contributed by atoms with E-state index in [1.807, 2.05) is 18.2 Å². The van der Waals surface area contributed by atoms with Crippen LogP contribution in [0.25, 0.3) is 5.69 Å². The first-order valence-corrected chi connectivity index (χ1v) is 12.8. The Morgan fingerprint density at radius 3 is 2.49 bits per heavy atom. The smallest absolute Gasteiger partial charge is 0.162 e. The molecule has 1 saturated heterocycles. The van der Waals surface area contributed by atoms with Gasteiger partial charge in [0, 0.05) is 43.0 Å². The fraction of sp³-hybridized carbons (Fsp3) is 0.433. The molecule has 0 bridgehead atoms. The summed E-state index contributed by atoms with van der Waals surface area (Å²) < 4.78 is 7.80. The van der Waals surface area contributed by atoms with Crippen molar-refractivity contribution >= 4 is 11.5 Å². The van der Waals surface area contributed by atoms with Crippen LogP contribution in [0.15, 0.2) is 60.8 Å². The first-order chi connectivity index (χ1) is 16.8. The molecule has 0 atom stereocenters. The van der Waals surface area contributed by atoms with Crippen LogP contribution in [0.5, 0.6) is 5.75 Å². The second-order valence-electron chi connectivity index (χ2n) is 11.0. The number of methoxy groups -OCH3 is 1. The van der Waals surface area contributed by atoms with Gasteiger partial charge in [-0.15, -0.1) is 0 Å². The Hall–Kier alpha value is -3.05. The van der Waals surface area contributed by atoms with Crippen LogP contribution in [0.3, 0.4) is 0 Å². The predicted molar refractivity (Wildman–Crippen MR) is 142 cm³/mol.